The molecular weight excluding hydrogens is 280 g/mol. The summed E-state index contributed by atoms with van der Waals surface area (Å²) in [5.41, 5.74) is 7.58. The van der Waals surface area contributed by atoms with E-state index in [2.05, 4.69) is 5.32 Å². The van der Waals surface area contributed by atoms with Crippen molar-refractivity contribution in [2.75, 3.05) is 5.73 Å². The van der Waals surface area contributed by atoms with E-state index in [0.717, 1.165) is 15.6 Å². The summed E-state index contributed by atoms with van der Waals surface area (Å²) in [5, 5.41) is 4.04. The van der Waals surface area contributed by atoms with Crippen molar-refractivity contribution in [3.63, 3.8) is 0 Å². The van der Waals surface area contributed by atoms with Gasteiger partial charge in [-0.05, 0) is 42.1 Å². The summed E-state index contributed by atoms with van der Waals surface area (Å²) < 4.78 is 1.07. The van der Waals surface area contributed by atoms with Gasteiger partial charge in [-0.15, -0.1) is 11.3 Å². The Balaban J connectivity index is 1.80. The Morgan fingerprint density at radius 3 is 2.67 bits per heavy atom. The van der Waals surface area contributed by atoms with Crippen LogP contribution < -0.4 is 11.1 Å². The van der Waals surface area contributed by atoms with E-state index in [4.69, 9.17) is 5.73 Å². The van der Waals surface area contributed by atoms with E-state index in [1.807, 2.05) is 61.5 Å². The predicted octanol–water partition coefficient (Wildman–Crippen LogP) is 3.97. The maximum atomic E-state index is 12.4. The van der Waals surface area contributed by atoms with E-state index < -0.39 is 0 Å². The molecule has 0 saturated carbocycles. The number of carbonyl (C=O) groups excluding carboxylic acids is 1. The summed E-state index contributed by atoms with van der Waals surface area (Å²) in [4.78, 5) is 13.1. The van der Waals surface area contributed by atoms with Crippen LogP contribution in [0.5, 0.6) is 0 Å². The van der Waals surface area contributed by atoms with Gasteiger partial charge in [0.2, 0.25) is 0 Å². The molecule has 3 rings (SSSR count). The van der Waals surface area contributed by atoms with Gasteiger partial charge in [-0.1, -0.05) is 30.3 Å². The molecule has 0 bridgehead atoms. The number of nitrogens with two attached hydrogens (primary N) is 1. The Morgan fingerprint density at radius 2 is 1.90 bits per heavy atom. The molecule has 2 aromatic carbocycles. The van der Waals surface area contributed by atoms with Gasteiger partial charge in [0.1, 0.15) is 0 Å². The van der Waals surface area contributed by atoms with Crippen molar-refractivity contribution in [1.29, 1.82) is 0 Å². The van der Waals surface area contributed by atoms with Gasteiger partial charge in [0.25, 0.3) is 5.91 Å². The second-order valence-corrected chi connectivity index (χ2v) is 6.10. The van der Waals surface area contributed by atoms with Crippen molar-refractivity contribution < 1.29 is 4.79 Å². The molecule has 1 amide bonds. The zero-order valence-electron chi connectivity index (χ0n) is 11.7. The fourth-order valence-electron chi connectivity index (χ4n) is 2.27. The van der Waals surface area contributed by atoms with Crippen LogP contribution in [0.4, 0.5) is 5.69 Å². The van der Waals surface area contributed by atoms with Crippen LogP contribution in [-0.2, 0) is 0 Å². The number of anilines is 1. The maximum Gasteiger partial charge on any atom is 0.261 e. The summed E-state index contributed by atoms with van der Waals surface area (Å²) in [5.74, 6) is -0.0499. The van der Waals surface area contributed by atoms with Crippen LogP contribution in [0.2, 0.25) is 0 Å². The van der Waals surface area contributed by atoms with E-state index in [1.165, 1.54) is 11.3 Å². The summed E-state index contributed by atoms with van der Waals surface area (Å²) in [7, 11) is 0. The quantitative estimate of drug-likeness (QED) is 0.718. The Morgan fingerprint density at radius 1 is 1.14 bits per heavy atom. The third-order valence-electron chi connectivity index (χ3n) is 3.41. The first kappa shape index (κ1) is 13.6. The lowest BCUT2D eigenvalue weighted by Gasteiger charge is -2.13. The van der Waals surface area contributed by atoms with Crippen molar-refractivity contribution in [2.45, 2.75) is 13.0 Å². The van der Waals surface area contributed by atoms with Crippen LogP contribution in [0.15, 0.2) is 54.6 Å². The van der Waals surface area contributed by atoms with Crippen LogP contribution in [0.1, 0.15) is 28.2 Å². The second kappa shape index (κ2) is 5.58. The van der Waals surface area contributed by atoms with Crippen molar-refractivity contribution in [1.82, 2.24) is 5.32 Å². The molecule has 0 aliphatic heterocycles. The molecule has 1 atom stereocenters. The third-order valence-corrected chi connectivity index (χ3v) is 4.53. The van der Waals surface area contributed by atoms with Crippen LogP contribution in [0.3, 0.4) is 0 Å². The van der Waals surface area contributed by atoms with Crippen LogP contribution >= 0.6 is 11.3 Å². The lowest BCUT2D eigenvalue weighted by atomic mass is 10.1. The number of fused-ring (bicyclic) bond motifs is 1. The van der Waals surface area contributed by atoms with Crippen LogP contribution in [-0.4, -0.2) is 5.91 Å². The number of thiophene rings is 1. The molecule has 0 saturated heterocycles. The zero-order chi connectivity index (χ0) is 14.8. The lowest BCUT2D eigenvalue weighted by Crippen LogP contribution is -2.25. The molecule has 3 N–H and O–H groups in total. The average Bonchev–Trinajstić information content (AvgIpc) is 2.91. The molecule has 0 fully saturated rings. The molecule has 3 aromatic rings. The third kappa shape index (κ3) is 2.90. The van der Waals surface area contributed by atoms with E-state index in [9.17, 15) is 4.79 Å². The molecule has 1 heterocycles. The van der Waals surface area contributed by atoms with Gasteiger partial charge in [0, 0.05) is 10.4 Å². The number of hydrogen-bond acceptors (Lipinski definition) is 3. The first-order chi connectivity index (χ1) is 10.1. The van der Waals surface area contributed by atoms with Crippen molar-refractivity contribution >= 4 is 33.0 Å². The Labute approximate surface area is 127 Å². The van der Waals surface area contributed by atoms with E-state index in [0.29, 0.717) is 10.6 Å². The molecule has 0 radical (unpaired) electrons. The van der Waals surface area contributed by atoms with Crippen LogP contribution in [0.25, 0.3) is 10.1 Å². The van der Waals surface area contributed by atoms with Crippen molar-refractivity contribution in [3.8, 4) is 0 Å². The Bertz CT molecular complexity index is 780. The highest BCUT2D eigenvalue weighted by atomic mass is 32.1. The predicted molar refractivity (Wildman–Crippen MR) is 88.6 cm³/mol. The fourth-order valence-corrected chi connectivity index (χ4v) is 3.21. The normalized spacial score (nSPS) is 12.2. The number of nitrogen functional groups attached to an aromatic ring is 1. The molecule has 1 unspecified atom stereocenters. The lowest BCUT2D eigenvalue weighted by molar-refractivity contribution is 0.0944. The molecule has 0 spiro atoms. The topological polar surface area (TPSA) is 55.1 Å². The average molecular weight is 296 g/mol. The summed E-state index contributed by atoms with van der Waals surface area (Å²) in [6.45, 7) is 1.98. The first-order valence-corrected chi connectivity index (χ1v) is 7.60. The molecule has 1 aromatic heterocycles. The van der Waals surface area contributed by atoms with Gasteiger partial charge in [0.15, 0.2) is 0 Å². The molecule has 0 aliphatic rings. The van der Waals surface area contributed by atoms with Gasteiger partial charge >= 0.3 is 0 Å². The highest BCUT2D eigenvalue weighted by Crippen LogP contribution is 2.27. The number of carbonyl (C=O) groups is 1. The highest BCUT2D eigenvalue weighted by molar-refractivity contribution is 7.20. The smallest absolute Gasteiger partial charge is 0.261 e. The van der Waals surface area contributed by atoms with Gasteiger partial charge < -0.3 is 11.1 Å². The number of amides is 1. The SMILES string of the molecule is CC(NC(=O)c1cc2cc(N)ccc2s1)c1ccccc1. The molecule has 3 nitrogen and oxygen atoms in total. The van der Waals surface area contributed by atoms with Gasteiger partial charge in [0.05, 0.1) is 10.9 Å². The molecule has 106 valence electrons. The molecule has 4 heteroatoms. The number of benzene rings is 2. The van der Waals surface area contributed by atoms with Crippen molar-refractivity contribution in [2.24, 2.45) is 0 Å². The summed E-state index contributed by atoms with van der Waals surface area (Å²) >= 11 is 1.48. The minimum absolute atomic E-state index is 0.0195. The van der Waals surface area contributed by atoms with Gasteiger partial charge in [-0.25, -0.2) is 0 Å². The number of nitrogens with one attached hydrogen (secondary N) is 1. The minimum atomic E-state index is -0.0499. The largest absolute Gasteiger partial charge is 0.399 e. The Kier molecular flexibility index (Phi) is 3.62. The zero-order valence-corrected chi connectivity index (χ0v) is 12.5. The number of rotatable bonds is 3. The maximum absolute atomic E-state index is 12.4. The van der Waals surface area contributed by atoms with Crippen molar-refractivity contribution in [3.05, 3.63) is 65.0 Å². The first-order valence-electron chi connectivity index (χ1n) is 6.78. The van der Waals surface area contributed by atoms with E-state index >= 15 is 0 Å². The molecule has 21 heavy (non-hydrogen) atoms. The summed E-state index contributed by atoms with van der Waals surface area (Å²) in [6.07, 6.45) is 0. The molecule has 0 aliphatic carbocycles. The standard InChI is InChI=1S/C17H16N2OS/c1-11(12-5-3-2-4-6-12)19-17(20)16-10-13-9-14(18)7-8-15(13)21-16/h2-11H,18H2,1H3,(H,19,20). The van der Waals surface area contributed by atoms with E-state index in [-0.39, 0.29) is 11.9 Å². The fraction of sp³-hybridized carbons (Fsp3) is 0.118. The van der Waals surface area contributed by atoms with Gasteiger partial charge in [-0.3, -0.25) is 4.79 Å². The Hall–Kier alpha value is -2.33. The van der Waals surface area contributed by atoms with E-state index in [1.54, 1.807) is 0 Å². The molecular formula is C17H16N2OS. The summed E-state index contributed by atoms with van der Waals surface area (Å²) in [6, 6.07) is 17.5. The second-order valence-electron chi connectivity index (χ2n) is 5.01. The highest BCUT2D eigenvalue weighted by Gasteiger charge is 2.14. The number of hydrogen-bond donors (Lipinski definition) is 2. The monoisotopic (exact) mass is 296 g/mol. The van der Waals surface area contributed by atoms with Crippen LogP contribution in [0, 0.1) is 0 Å². The minimum Gasteiger partial charge on any atom is -0.399 e. The van der Waals surface area contributed by atoms with Gasteiger partial charge in [-0.2, -0.15) is 0 Å².